The van der Waals surface area contributed by atoms with Crippen molar-refractivity contribution in [2.75, 3.05) is 18.5 Å². The molecule has 1 aliphatic heterocycles. The molecule has 0 radical (unpaired) electrons. The van der Waals surface area contributed by atoms with Gasteiger partial charge in [-0.15, -0.1) is 11.3 Å². The van der Waals surface area contributed by atoms with Crippen LogP contribution in [0.15, 0.2) is 29.9 Å². The summed E-state index contributed by atoms with van der Waals surface area (Å²) >= 11 is 1.64. The Balaban J connectivity index is 1.44. The minimum atomic E-state index is 0.0371. The first-order valence-electron chi connectivity index (χ1n) is 10.5. The SMILES string of the molecule is CC1CCC(Nc2ncc(-c3ccc4scnc4c3)c(O[C@@H]3CCOC3)n2)CC1. The molecule has 152 valence electrons. The van der Waals surface area contributed by atoms with Crippen molar-refractivity contribution in [1.29, 1.82) is 0 Å². The summed E-state index contributed by atoms with van der Waals surface area (Å²) in [6.07, 6.45) is 7.64. The van der Waals surface area contributed by atoms with Gasteiger partial charge in [-0.3, -0.25) is 0 Å². The fraction of sp³-hybridized carbons (Fsp3) is 0.500. The van der Waals surface area contributed by atoms with E-state index in [2.05, 4.69) is 40.4 Å². The summed E-state index contributed by atoms with van der Waals surface area (Å²) in [6.45, 7) is 3.68. The van der Waals surface area contributed by atoms with Crippen LogP contribution in [0.25, 0.3) is 21.3 Å². The van der Waals surface area contributed by atoms with E-state index >= 15 is 0 Å². The van der Waals surface area contributed by atoms with Crippen LogP contribution in [0.5, 0.6) is 5.88 Å². The second-order valence-corrected chi connectivity index (χ2v) is 9.04. The first kappa shape index (κ1) is 18.8. The zero-order valence-electron chi connectivity index (χ0n) is 16.6. The van der Waals surface area contributed by atoms with Crippen LogP contribution in [0.3, 0.4) is 0 Å². The predicted molar refractivity (Wildman–Crippen MR) is 116 cm³/mol. The summed E-state index contributed by atoms with van der Waals surface area (Å²) in [7, 11) is 0. The van der Waals surface area contributed by atoms with E-state index in [0.717, 1.165) is 35.6 Å². The number of anilines is 1. The van der Waals surface area contributed by atoms with Crippen LogP contribution in [0.2, 0.25) is 0 Å². The Morgan fingerprint density at radius 1 is 1.14 bits per heavy atom. The zero-order chi connectivity index (χ0) is 19.6. The van der Waals surface area contributed by atoms with Gasteiger partial charge in [0.2, 0.25) is 11.8 Å². The van der Waals surface area contributed by atoms with E-state index in [1.165, 1.54) is 30.4 Å². The van der Waals surface area contributed by atoms with Crippen molar-refractivity contribution in [2.45, 2.75) is 51.2 Å². The van der Waals surface area contributed by atoms with Gasteiger partial charge in [-0.1, -0.05) is 13.0 Å². The van der Waals surface area contributed by atoms with Crippen LogP contribution in [0.1, 0.15) is 39.0 Å². The van der Waals surface area contributed by atoms with E-state index in [9.17, 15) is 0 Å². The lowest BCUT2D eigenvalue weighted by Crippen LogP contribution is -2.26. The number of nitrogens with one attached hydrogen (secondary N) is 1. The monoisotopic (exact) mass is 410 g/mol. The van der Waals surface area contributed by atoms with Crippen molar-refractivity contribution in [3.8, 4) is 17.0 Å². The minimum Gasteiger partial charge on any atom is -0.471 e. The summed E-state index contributed by atoms with van der Waals surface area (Å²) in [5.74, 6) is 2.09. The minimum absolute atomic E-state index is 0.0371. The number of hydrogen-bond donors (Lipinski definition) is 1. The average Bonchev–Trinajstić information content (AvgIpc) is 3.41. The molecule has 1 aliphatic carbocycles. The van der Waals surface area contributed by atoms with Crippen molar-refractivity contribution in [3.63, 3.8) is 0 Å². The molecule has 0 unspecified atom stereocenters. The molecule has 2 aliphatic rings. The number of thiazole rings is 1. The Bertz CT molecular complexity index is 978. The number of aromatic nitrogens is 3. The summed E-state index contributed by atoms with van der Waals surface area (Å²) in [5.41, 5.74) is 4.78. The molecule has 2 aromatic heterocycles. The Labute approximate surface area is 174 Å². The molecule has 29 heavy (non-hydrogen) atoms. The number of rotatable bonds is 5. The Kier molecular flexibility index (Phi) is 5.33. The molecule has 7 heteroatoms. The molecule has 1 aromatic carbocycles. The van der Waals surface area contributed by atoms with Gasteiger partial charge >= 0.3 is 0 Å². The molecule has 1 atom stereocenters. The second-order valence-electron chi connectivity index (χ2n) is 8.15. The Hall–Kier alpha value is -2.25. The van der Waals surface area contributed by atoms with Crippen LogP contribution in [-0.4, -0.2) is 40.3 Å². The van der Waals surface area contributed by atoms with Gasteiger partial charge in [-0.05, 0) is 49.3 Å². The smallest absolute Gasteiger partial charge is 0.226 e. The molecule has 2 fully saturated rings. The molecule has 0 amide bonds. The predicted octanol–water partition coefficient (Wildman–Crippen LogP) is 4.91. The second kappa shape index (κ2) is 8.24. The van der Waals surface area contributed by atoms with Gasteiger partial charge in [0.25, 0.3) is 0 Å². The van der Waals surface area contributed by atoms with Crippen LogP contribution < -0.4 is 10.1 Å². The van der Waals surface area contributed by atoms with Crippen molar-refractivity contribution in [3.05, 3.63) is 29.9 Å². The lowest BCUT2D eigenvalue weighted by molar-refractivity contribution is 0.138. The topological polar surface area (TPSA) is 69.2 Å². The standard InChI is InChI=1S/C22H26N4O2S/c1-14-2-5-16(6-3-14)25-22-23-11-18(21(26-22)28-17-8-9-27-12-17)15-4-7-20-19(10-15)24-13-29-20/h4,7,10-11,13-14,16-17H,2-3,5-6,8-9,12H2,1H3,(H,23,25,26)/t14?,16?,17-/m1/s1. The molecule has 1 saturated carbocycles. The van der Waals surface area contributed by atoms with Gasteiger partial charge in [0.05, 0.1) is 34.5 Å². The fourth-order valence-corrected chi connectivity index (χ4v) is 4.76. The molecule has 3 aromatic rings. The Morgan fingerprint density at radius 2 is 2.03 bits per heavy atom. The zero-order valence-corrected chi connectivity index (χ0v) is 17.5. The highest BCUT2D eigenvalue weighted by molar-refractivity contribution is 7.16. The van der Waals surface area contributed by atoms with Crippen molar-refractivity contribution in [1.82, 2.24) is 15.0 Å². The highest BCUT2D eigenvalue weighted by Gasteiger charge is 2.23. The van der Waals surface area contributed by atoms with Crippen LogP contribution in [-0.2, 0) is 4.74 Å². The maximum atomic E-state index is 6.27. The van der Waals surface area contributed by atoms with E-state index in [1.807, 2.05) is 11.7 Å². The van der Waals surface area contributed by atoms with Crippen LogP contribution in [0, 0.1) is 5.92 Å². The lowest BCUT2D eigenvalue weighted by Gasteiger charge is -2.27. The van der Waals surface area contributed by atoms with Gasteiger partial charge in [-0.25, -0.2) is 9.97 Å². The van der Waals surface area contributed by atoms with E-state index < -0.39 is 0 Å². The van der Waals surface area contributed by atoms with E-state index in [0.29, 0.717) is 24.5 Å². The maximum absolute atomic E-state index is 6.27. The number of nitrogens with zero attached hydrogens (tertiary/aromatic N) is 3. The van der Waals surface area contributed by atoms with E-state index in [1.54, 1.807) is 11.3 Å². The third-order valence-electron chi connectivity index (χ3n) is 5.91. The fourth-order valence-electron chi connectivity index (χ4n) is 4.10. The third kappa shape index (κ3) is 4.21. The molecule has 5 rings (SSSR count). The first-order valence-corrected chi connectivity index (χ1v) is 11.3. The van der Waals surface area contributed by atoms with Gasteiger partial charge in [0.1, 0.15) is 6.10 Å². The highest BCUT2D eigenvalue weighted by atomic mass is 32.1. The number of ether oxygens (including phenoxy) is 2. The summed E-state index contributed by atoms with van der Waals surface area (Å²) in [5, 5.41) is 3.53. The molecule has 0 bridgehead atoms. The molecule has 1 saturated heterocycles. The summed E-state index contributed by atoms with van der Waals surface area (Å²) < 4.78 is 12.9. The molecule has 6 nitrogen and oxygen atoms in total. The lowest BCUT2D eigenvalue weighted by atomic mass is 9.87. The number of benzene rings is 1. The maximum Gasteiger partial charge on any atom is 0.226 e. The van der Waals surface area contributed by atoms with Crippen LogP contribution in [0.4, 0.5) is 5.95 Å². The number of hydrogen-bond acceptors (Lipinski definition) is 7. The average molecular weight is 411 g/mol. The largest absolute Gasteiger partial charge is 0.471 e. The molecule has 0 spiro atoms. The van der Waals surface area contributed by atoms with Gasteiger partial charge in [-0.2, -0.15) is 4.98 Å². The normalized spacial score (nSPS) is 24.7. The number of fused-ring (bicyclic) bond motifs is 1. The van der Waals surface area contributed by atoms with E-state index in [-0.39, 0.29) is 6.10 Å². The highest BCUT2D eigenvalue weighted by Crippen LogP contribution is 2.33. The quantitative estimate of drug-likeness (QED) is 0.644. The van der Waals surface area contributed by atoms with Crippen molar-refractivity contribution >= 4 is 27.5 Å². The Morgan fingerprint density at radius 3 is 2.86 bits per heavy atom. The van der Waals surface area contributed by atoms with Gasteiger partial charge in [0, 0.05) is 18.7 Å². The third-order valence-corrected chi connectivity index (χ3v) is 6.72. The summed E-state index contributed by atoms with van der Waals surface area (Å²) in [6, 6.07) is 6.71. The molecule has 1 N–H and O–H groups in total. The van der Waals surface area contributed by atoms with Crippen LogP contribution >= 0.6 is 11.3 Å². The van der Waals surface area contributed by atoms with Gasteiger partial charge in [0.15, 0.2) is 0 Å². The van der Waals surface area contributed by atoms with Gasteiger partial charge < -0.3 is 14.8 Å². The van der Waals surface area contributed by atoms with Crippen molar-refractivity contribution < 1.29 is 9.47 Å². The molecular weight excluding hydrogens is 384 g/mol. The molecule has 3 heterocycles. The van der Waals surface area contributed by atoms with E-state index in [4.69, 9.17) is 14.5 Å². The van der Waals surface area contributed by atoms with Crippen molar-refractivity contribution in [2.24, 2.45) is 5.92 Å². The molecular formula is C22H26N4O2S. The summed E-state index contributed by atoms with van der Waals surface area (Å²) in [4.78, 5) is 13.8. The first-order chi connectivity index (χ1) is 14.2.